The third kappa shape index (κ3) is 6.53. The van der Waals surface area contributed by atoms with Crippen LogP contribution in [-0.4, -0.2) is 14.9 Å². The van der Waals surface area contributed by atoms with Crippen LogP contribution in [0.15, 0.2) is 48.6 Å². The topological polar surface area (TPSA) is 9.23 Å². The Labute approximate surface area is 242 Å². The van der Waals surface area contributed by atoms with Crippen molar-refractivity contribution >= 4 is 8.32 Å². The second-order valence-corrected chi connectivity index (χ2v) is 15.9. The zero-order chi connectivity index (χ0) is 21.9. The van der Waals surface area contributed by atoms with Crippen LogP contribution in [0.25, 0.3) is 0 Å². The average Bonchev–Trinajstić information content (AvgIpc) is 3.45. The molecule has 0 aromatic carbocycles. The van der Waals surface area contributed by atoms with Crippen LogP contribution in [0.5, 0.6) is 0 Å². The second-order valence-electron chi connectivity index (χ2n) is 11.1. The van der Waals surface area contributed by atoms with Gasteiger partial charge in [0.25, 0.3) is 0 Å². The van der Waals surface area contributed by atoms with E-state index in [0.717, 1.165) is 42.1 Å². The summed E-state index contributed by atoms with van der Waals surface area (Å²) in [6, 6.07) is 3.80. The van der Waals surface area contributed by atoms with E-state index in [-0.39, 0.29) is 51.0 Å². The van der Waals surface area contributed by atoms with Crippen LogP contribution >= 0.6 is 0 Å². The van der Waals surface area contributed by atoms with Crippen LogP contribution < -0.4 is 24.8 Å². The van der Waals surface area contributed by atoms with Crippen molar-refractivity contribution in [2.24, 2.45) is 40.9 Å². The first-order chi connectivity index (χ1) is 15.1. The van der Waals surface area contributed by atoms with Crippen LogP contribution in [0, 0.1) is 40.9 Å². The van der Waals surface area contributed by atoms with E-state index in [0.29, 0.717) is 5.41 Å². The number of hydrogen-bond acceptors (Lipinski definition) is 1. The number of halogens is 2. The maximum Gasteiger partial charge on any atom is 2.00 e. The number of hydrogen-bond donors (Lipinski definition) is 0. The monoisotopic (exact) mass is 598 g/mol. The Balaban J connectivity index is 0.00000193. The molecule has 0 aliphatic heterocycles. The maximum absolute atomic E-state index is 6.70. The molecule has 4 aliphatic rings. The minimum absolute atomic E-state index is 0. The molecule has 0 amide bonds. The van der Waals surface area contributed by atoms with Gasteiger partial charge in [-0.2, -0.15) is 0 Å². The van der Waals surface area contributed by atoms with Gasteiger partial charge >= 0.3 is 26.2 Å². The first-order valence-corrected chi connectivity index (χ1v) is 15.9. The Hall–Kier alpha value is 0.600. The minimum atomic E-state index is -1.47. The SMILES string of the molecule is CC[Si](CC)(CC)OCCCC(C)(C1CCC2C=CC=CC21)C1CCC2C=CC=CC21.[Cl-].[Cl-].[Zr+2]. The van der Waals surface area contributed by atoms with Crippen LogP contribution in [-0.2, 0) is 30.6 Å². The van der Waals surface area contributed by atoms with Gasteiger partial charge in [0.1, 0.15) is 0 Å². The zero-order valence-electron chi connectivity index (χ0n) is 21.8. The number of fused-ring (bicyclic) bond motifs is 2. The fraction of sp³-hybridized carbons (Fsp3) is 0.724. The van der Waals surface area contributed by atoms with Gasteiger partial charge < -0.3 is 29.2 Å². The molecule has 2 saturated carbocycles. The van der Waals surface area contributed by atoms with Gasteiger partial charge in [-0.3, -0.25) is 0 Å². The van der Waals surface area contributed by atoms with Crippen molar-refractivity contribution in [3.05, 3.63) is 48.6 Å². The smallest absolute Gasteiger partial charge is 1.00 e. The summed E-state index contributed by atoms with van der Waals surface area (Å²) < 4.78 is 6.70. The van der Waals surface area contributed by atoms with Crippen molar-refractivity contribution in [1.29, 1.82) is 0 Å². The van der Waals surface area contributed by atoms with Gasteiger partial charge in [0.05, 0.1) is 0 Å². The van der Waals surface area contributed by atoms with E-state index in [2.05, 4.69) is 76.3 Å². The van der Waals surface area contributed by atoms with Crippen LogP contribution in [0.3, 0.4) is 0 Å². The Morgan fingerprint density at radius 3 is 1.62 bits per heavy atom. The van der Waals surface area contributed by atoms with Crippen molar-refractivity contribution in [2.45, 2.75) is 84.4 Å². The quantitative estimate of drug-likeness (QED) is 0.277. The van der Waals surface area contributed by atoms with Gasteiger partial charge in [-0.15, -0.1) is 0 Å². The zero-order valence-corrected chi connectivity index (χ0v) is 26.8. The molecule has 0 bridgehead atoms. The molecule has 6 atom stereocenters. The number of rotatable bonds is 10. The molecule has 0 aromatic heterocycles. The van der Waals surface area contributed by atoms with E-state index in [4.69, 9.17) is 4.43 Å². The third-order valence-electron chi connectivity index (χ3n) is 10.0. The summed E-state index contributed by atoms with van der Waals surface area (Å²) in [7, 11) is -1.47. The second kappa shape index (κ2) is 14.5. The van der Waals surface area contributed by atoms with Gasteiger partial charge in [0, 0.05) is 6.61 Å². The van der Waals surface area contributed by atoms with Crippen molar-refractivity contribution in [2.75, 3.05) is 6.61 Å². The van der Waals surface area contributed by atoms with E-state index in [1.807, 2.05) is 0 Å². The van der Waals surface area contributed by atoms with E-state index < -0.39 is 8.32 Å². The van der Waals surface area contributed by atoms with Crippen molar-refractivity contribution < 1.29 is 55.4 Å². The summed E-state index contributed by atoms with van der Waals surface area (Å²) in [4.78, 5) is 0. The Morgan fingerprint density at radius 1 is 0.735 bits per heavy atom. The molecular weight excluding hydrogens is 555 g/mol. The molecule has 5 heteroatoms. The van der Waals surface area contributed by atoms with Gasteiger partial charge in [-0.05, 0) is 97.6 Å². The Morgan fingerprint density at radius 2 is 1.18 bits per heavy atom. The molecule has 2 fully saturated rings. The summed E-state index contributed by atoms with van der Waals surface area (Å²) in [5, 5.41) is 0. The molecular formula is C29H46Cl2OSiZr. The first kappa shape index (κ1) is 32.6. The molecule has 0 radical (unpaired) electrons. The summed E-state index contributed by atoms with van der Waals surface area (Å²) >= 11 is 0. The van der Waals surface area contributed by atoms with E-state index in [1.165, 1.54) is 56.7 Å². The third-order valence-corrected chi connectivity index (χ3v) is 14.7. The summed E-state index contributed by atoms with van der Waals surface area (Å²) in [6.07, 6.45) is 27.5. The van der Waals surface area contributed by atoms with Crippen LogP contribution in [0.1, 0.15) is 66.2 Å². The van der Waals surface area contributed by atoms with Crippen molar-refractivity contribution in [3.63, 3.8) is 0 Å². The van der Waals surface area contributed by atoms with Crippen LogP contribution in [0.4, 0.5) is 0 Å². The molecule has 34 heavy (non-hydrogen) atoms. The van der Waals surface area contributed by atoms with Crippen molar-refractivity contribution in [1.82, 2.24) is 0 Å². The molecule has 0 N–H and O–H groups in total. The molecule has 0 saturated heterocycles. The standard InChI is InChI=1S/C29H46OSi.2ClH.Zr/c1-5-31(6-2,7-3)30-22-12-21-29(4,27-19-17-23-13-8-10-15-25(23)27)28-20-18-24-14-9-11-16-26(24)28;;;/h8-11,13-16,23-28H,5-7,12,17-22H2,1-4H3;2*1H;/q;;;+2/p-2. The Kier molecular flexibility index (Phi) is 13.9. The van der Waals surface area contributed by atoms with Gasteiger partial charge in [-0.25, -0.2) is 0 Å². The molecule has 4 aliphatic carbocycles. The van der Waals surface area contributed by atoms with E-state index in [9.17, 15) is 0 Å². The summed E-state index contributed by atoms with van der Waals surface area (Å²) in [6.45, 7) is 10.7. The van der Waals surface area contributed by atoms with E-state index >= 15 is 0 Å². The predicted molar refractivity (Wildman–Crippen MR) is 136 cm³/mol. The fourth-order valence-corrected chi connectivity index (χ4v) is 10.6. The molecule has 6 unspecified atom stereocenters. The molecule has 1 nitrogen and oxygen atoms in total. The van der Waals surface area contributed by atoms with E-state index in [1.54, 1.807) is 0 Å². The minimum Gasteiger partial charge on any atom is -1.00 e. The molecule has 190 valence electrons. The van der Waals surface area contributed by atoms with Crippen molar-refractivity contribution in [3.8, 4) is 0 Å². The average molecular weight is 601 g/mol. The molecule has 0 aromatic rings. The van der Waals surface area contributed by atoms with Gasteiger partial charge in [-0.1, -0.05) is 76.3 Å². The maximum atomic E-state index is 6.70. The normalized spacial score (nSPS) is 32.7. The molecule has 0 spiro atoms. The van der Waals surface area contributed by atoms with Gasteiger partial charge in [0.2, 0.25) is 0 Å². The number of allylic oxidation sites excluding steroid dienone is 8. The summed E-state index contributed by atoms with van der Waals surface area (Å²) in [5.41, 5.74) is 0.419. The fourth-order valence-electron chi connectivity index (χ4n) is 7.89. The molecule has 0 heterocycles. The first-order valence-electron chi connectivity index (χ1n) is 13.4. The van der Waals surface area contributed by atoms with Gasteiger partial charge in [0.15, 0.2) is 8.32 Å². The predicted octanol–water partition coefficient (Wildman–Crippen LogP) is 2.34. The summed E-state index contributed by atoms with van der Waals surface area (Å²) in [5.74, 6) is 4.73. The largest absolute Gasteiger partial charge is 2.00 e. The molecule has 4 rings (SSSR count). The Bertz CT molecular complexity index is 677. The van der Waals surface area contributed by atoms with Crippen LogP contribution in [0.2, 0.25) is 18.1 Å².